The number of nitrogens with one attached hydrogen (secondary N) is 1. The van der Waals surface area contributed by atoms with Gasteiger partial charge in [0.2, 0.25) is 0 Å². The topological polar surface area (TPSA) is 73.3 Å². The molecule has 1 rings (SSSR count). The van der Waals surface area contributed by atoms with Crippen molar-refractivity contribution in [2.24, 2.45) is 11.5 Å². The summed E-state index contributed by atoms with van der Waals surface area (Å²) >= 11 is 0. The summed E-state index contributed by atoms with van der Waals surface area (Å²) in [4.78, 5) is 0. The maximum absolute atomic E-state index is 5.68. The number of methoxy groups -OCH3 is 1. The van der Waals surface area contributed by atoms with Gasteiger partial charge in [-0.05, 0) is 12.1 Å². The molecule has 1 unspecified atom stereocenters. The first-order chi connectivity index (χ1) is 6.77. The molecule has 0 spiro atoms. The highest BCUT2D eigenvalue weighted by Gasteiger charge is 2.02. The minimum absolute atomic E-state index is 0.0279. The molecule has 0 saturated carbocycles. The van der Waals surface area contributed by atoms with Gasteiger partial charge in [0, 0.05) is 19.1 Å². The van der Waals surface area contributed by atoms with Gasteiger partial charge in [-0.3, -0.25) is 0 Å². The maximum Gasteiger partial charge on any atom is 0.141 e. The normalized spacial score (nSPS) is 12.2. The number of para-hydroxylation sites is 2. The van der Waals surface area contributed by atoms with Gasteiger partial charge in [0.15, 0.2) is 0 Å². The van der Waals surface area contributed by atoms with Crippen LogP contribution in [-0.2, 0) is 0 Å². The minimum atomic E-state index is -0.0279. The van der Waals surface area contributed by atoms with Crippen molar-refractivity contribution in [1.29, 1.82) is 0 Å². The second-order valence-electron chi connectivity index (χ2n) is 3.08. The summed E-state index contributed by atoms with van der Waals surface area (Å²) in [6.07, 6.45) is 0. The van der Waals surface area contributed by atoms with E-state index in [2.05, 4.69) is 5.32 Å². The van der Waals surface area contributed by atoms with Crippen molar-refractivity contribution in [3.63, 3.8) is 0 Å². The molecule has 0 heterocycles. The van der Waals surface area contributed by atoms with Crippen molar-refractivity contribution in [2.75, 3.05) is 25.5 Å². The van der Waals surface area contributed by atoms with E-state index < -0.39 is 0 Å². The first kappa shape index (κ1) is 10.8. The third-order valence-corrected chi connectivity index (χ3v) is 1.96. The first-order valence-electron chi connectivity index (χ1n) is 4.60. The molecule has 1 aromatic carbocycles. The van der Waals surface area contributed by atoms with E-state index in [-0.39, 0.29) is 6.04 Å². The lowest BCUT2D eigenvalue weighted by molar-refractivity contribution is 0.416. The molecule has 4 heteroatoms. The smallest absolute Gasteiger partial charge is 0.141 e. The predicted molar refractivity (Wildman–Crippen MR) is 58.5 cm³/mol. The molecule has 0 aliphatic rings. The lowest BCUT2D eigenvalue weighted by atomic mass is 10.2. The Kier molecular flexibility index (Phi) is 4.22. The van der Waals surface area contributed by atoms with Crippen molar-refractivity contribution < 1.29 is 4.74 Å². The quantitative estimate of drug-likeness (QED) is 0.635. The van der Waals surface area contributed by atoms with Crippen LogP contribution in [0, 0.1) is 0 Å². The Hall–Kier alpha value is -1.26. The van der Waals surface area contributed by atoms with Crippen LogP contribution in [0.2, 0.25) is 0 Å². The molecule has 0 bridgehead atoms. The highest BCUT2D eigenvalue weighted by atomic mass is 16.5. The Bertz CT molecular complexity index is 278. The molecule has 1 atom stereocenters. The Morgan fingerprint density at radius 2 is 2.14 bits per heavy atom. The number of benzene rings is 1. The molecule has 4 nitrogen and oxygen atoms in total. The SMILES string of the molecule is COc1ccccc1NCC(N)CN. The average molecular weight is 195 g/mol. The average Bonchev–Trinajstić information content (AvgIpc) is 2.26. The van der Waals surface area contributed by atoms with Crippen LogP contribution >= 0.6 is 0 Å². The number of hydrogen-bond acceptors (Lipinski definition) is 4. The van der Waals surface area contributed by atoms with Gasteiger partial charge in [0.25, 0.3) is 0 Å². The summed E-state index contributed by atoms with van der Waals surface area (Å²) in [6.45, 7) is 1.12. The molecule has 0 saturated heterocycles. The van der Waals surface area contributed by atoms with Gasteiger partial charge in [-0.1, -0.05) is 12.1 Å². The fraction of sp³-hybridized carbons (Fsp3) is 0.400. The Morgan fingerprint density at radius 3 is 2.79 bits per heavy atom. The van der Waals surface area contributed by atoms with E-state index in [9.17, 15) is 0 Å². The summed E-state index contributed by atoms with van der Waals surface area (Å²) in [5, 5.41) is 3.18. The predicted octanol–water partition coefficient (Wildman–Crippen LogP) is 0.393. The van der Waals surface area contributed by atoms with Crippen LogP contribution < -0.4 is 21.5 Å². The molecule has 14 heavy (non-hydrogen) atoms. The Labute approximate surface area is 84.2 Å². The van der Waals surface area contributed by atoms with E-state index in [0.717, 1.165) is 11.4 Å². The van der Waals surface area contributed by atoms with Crippen molar-refractivity contribution >= 4 is 5.69 Å². The zero-order valence-electron chi connectivity index (χ0n) is 8.36. The van der Waals surface area contributed by atoms with E-state index in [1.807, 2.05) is 24.3 Å². The third-order valence-electron chi connectivity index (χ3n) is 1.96. The Morgan fingerprint density at radius 1 is 1.43 bits per heavy atom. The molecular weight excluding hydrogens is 178 g/mol. The van der Waals surface area contributed by atoms with E-state index in [1.165, 1.54) is 0 Å². The molecule has 78 valence electrons. The van der Waals surface area contributed by atoms with E-state index in [4.69, 9.17) is 16.2 Å². The Balaban J connectivity index is 2.57. The van der Waals surface area contributed by atoms with Crippen LogP contribution in [0.3, 0.4) is 0 Å². The molecule has 0 aliphatic carbocycles. The number of anilines is 1. The number of nitrogens with two attached hydrogens (primary N) is 2. The molecule has 0 aliphatic heterocycles. The summed E-state index contributed by atoms with van der Waals surface area (Å²) in [6, 6.07) is 7.68. The maximum atomic E-state index is 5.68. The van der Waals surface area contributed by atoms with Crippen molar-refractivity contribution in [3.8, 4) is 5.75 Å². The minimum Gasteiger partial charge on any atom is -0.495 e. The zero-order valence-corrected chi connectivity index (χ0v) is 8.36. The van der Waals surface area contributed by atoms with Crippen LogP contribution in [0.5, 0.6) is 5.75 Å². The molecule has 0 amide bonds. The molecule has 1 aromatic rings. The number of hydrogen-bond donors (Lipinski definition) is 3. The lowest BCUT2D eigenvalue weighted by Gasteiger charge is -2.13. The molecule has 0 fully saturated rings. The largest absolute Gasteiger partial charge is 0.495 e. The second-order valence-corrected chi connectivity index (χ2v) is 3.08. The van der Waals surface area contributed by atoms with Gasteiger partial charge in [-0.2, -0.15) is 0 Å². The van der Waals surface area contributed by atoms with Gasteiger partial charge in [-0.15, -0.1) is 0 Å². The molecular formula is C10H17N3O. The molecule has 0 radical (unpaired) electrons. The van der Waals surface area contributed by atoms with Crippen LogP contribution in [-0.4, -0.2) is 26.2 Å². The van der Waals surface area contributed by atoms with Gasteiger partial charge < -0.3 is 21.5 Å². The van der Waals surface area contributed by atoms with E-state index >= 15 is 0 Å². The van der Waals surface area contributed by atoms with Crippen molar-refractivity contribution in [3.05, 3.63) is 24.3 Å². The van der Waals surface area contributed by atoms with Crippen molar-refractivity contribution in [1.82, 2.24) is 0 Å². The summed E-state index contributed by atoms with van der Waals surface area (Å²) in [5.74, 6) is 0.816. The fourth-order valence-electron chi connectivity index (χ4n) is 1.12. The van der Waals surface area contributed by atoms with Gasteiger partial charge in [0.1, 0.15) is 5.75 Å². The highest BCUT2D eigenvalue weighted by Crippen LogP contribution is 2.22. The molecule has 0 aromatic heterocycles. The standard InChI is InChI=1S/C10H17N3O/c1-14-10-5-3-2-4-9(10)13-7-8(12)6-11/h2-5,8,13H,6-7,11-12H2,1H3. The monoisotopic (exact) mass is 195 g/mol. The van der Waals surface area contributed by atoms with E-state index in [0.29, 0.717) is 13.1 Å². The third kappa shape index (κ3) is 2.90. The van der Waals surface area contributed by atoms with Gasteiger partial charge >= 0.3 is 0 Å². The van der Waals surface area contributed by atoms with Gasteiger partial charge in [0.05, 0.1) is 12.8 Å². The summed E-state index contributed by atoms with van der Waals surface area (Å²) in [7, 11) is 1.64. The summed E-state index contributed by atoms with van der Waals surface area (Å²) < 4.78 is 5.18. The van der Waals surface area contributed by atoms with Crippen LogP contribution in [0.1, 0.15) is 0 Å². The zero-order chi connectivity index (χ0) is 10.4. The van der Waals surface area contributed by atoms with Crippen LogP contribution in [0.25, 0.3) is 0 Å². The lowest BCUT2D eigenvalue weighted by Crippen LogP contribution is -2.36. The van der Waals surface area contributed by atoms with E-state index in [1.54, 1.807) is 7.11 Å². The summed E-state index contributed by atoms with van der Waals surface area (Å²) in [5.41, 5.74) is 12.0. The number of rotatable bonds is 5. The van der Waals surface area contributed by atoms with Crippen LogP contribution in [0.15, 0.2) is 24.3 Å². The number of ether oxygens (including phenoxy) is 1. The van der Waals surface area contributed by atoms with Gasteiger partial charge in [-0.25, -0.2) is 0 Å². The highest BCUT2D eigenvalue weighted by molar-refractivity contribution is 5.56. The first-order valence-corrected chi connectivity index (χ1v) is 4.60. The van der Waals surface area contributed by atoms with Crippen LogP contribution in [0.4, 0.5) is 5.69 Å². The molecule has 5 N–H and O–H groups in total. The fourth-order valence-corrected chi connectivity index (χ4v) is 1.12. The second kappa shape index (κ2) is 5.47. The van der Waals surface area contributed by atoms with Crippen molar-refractivity contribution in [2.45, 2.75) is 6.04 Å².